The Hall–Kier alpha value is -1.24. The summed E-state index contributed by atoms with van der Waals surface area (Å²) in [6.45, 7) is 14.0. The van der Waals surface area contributed by atoms with E-state index < -0.39 is 8.07 Å². The first-order valence-corrected chi connectivity index (χ1v) is 11.7. The van der Waals surface area contributed by atoms with E-state index >= 15 is 0 Å². The highest BCUT2D eigenvalue weighted by molar-refractivity contribution is 9.10. The molecule has 0 heterocycles. The minimum Gasteiger partial charge on any atom is -0.508 e. The molecule has 0 aliphatic rings. The third kappa shape index (κ3) is 3.41. The average Bonchev–Trinajstić information content (AvgIpc) is 2.46. The van der Waals surface area contributed by atoms with Crippen molar-refractivity contribution in [3.63, 3.8) is 0 Å². The van der Waals surface area contributed by atoms with Gasteiger partial charge in [0.25, 0.3) is 0 Å². The van der Waals surface area contributed by atoms with Crippen molar-refractivity contribution in [3.05, 3.63) is 40.4 Å². The van der Waals surface area contributed by atoms with Gasteiger partial charge in [0, 0.05) is 15.4 Å². The van der Waals surface area contributed by atoms with Crippen molar-refractivity contribution in [2.75, 3.05) is 0 Å². The number of phenolic OH excluding ortho intramolecular Hbond substituents is 1. The molecule has 0 radical (unpaired) electrons. The average molecular weight is 403 g/mol. The quantitative estimate of drug-likeness (QED) is 0.438. The fourth-order valence-electron chi connectivity index (χ4n) is 4.07. The lowest BCUT2D eigenvalue weighted by Crippen LogP contribution is -2.43. The summed E-state index contributed by atoms with van der Waals surface area (Å²) in [6.07, 6.45) is 0. The van der Waals surface area contributed by atoms with Crippen LogP contribution in [0, 0.1) is 11.5 Å². The van der Waals surface area contributed by atoms with E-state index in [0.717, 1.165) is 20.8 Å². The number of hydrogen-bond donors (Lipinski definition) is 1. The van der Waals surface area contributed by atoms with E-state index in [1.807, 2.05) is 12.1 Å². The van der Waals surface area contributed by atoms with Crippen molar-refractivity contribution in [3.8, 4) is 17.2 Å². The largest absolute Gasteiger partial charge is 0.508 e. The normalized spacial score (nSPS) is 12.1. The van der Waals surface area contributed by atoms with Crippen molar-refractivity contribution in [2.24, 2.45) is 0 Å². The lowest BCUT2D eigenvalue weighted by Gasteiger charge is -2.38. The van der Waals surface area contributed by atoms with Crippen LogP contribution in [0.2, 0.25) is 16.6 Å². The SMILES string of the molecule is CC(C)[Si](C#Cc1cccc2cc(O)cc(Br)c12)(C(C)C)C(C)C. The Labute approximate surface area is 155 Å². The first-order valence-electron chi connectivity index (χ1n) is 8.64. The summed E-state index contributed by atoms with van der Waals surface area (Å²) in [7, 11) is -1.75. The molecule has 3 heteroatoms. The van der Waals surface area contributed by atoms with Gasteiger partial charge in [0.15, 0.2) is 0 Å². The second kappa shape index (κ2) is 7.33. The summed E-state index contributed by atoms with van der Waals surface area (Å²) in [6, 6.07) is 9.65. The molecule has 1 nitrogen and oxygen atoms in total. The number of hydrogen-bond acceptors (Lipinski definition) is 1. The Kier molecular flexibility index (Phi) is 5.83. The molecule has 2 aromatic carbocycles. The number of phenols is 1. The molecular weight excluding hydrogens is 376 g/mol. The van der Waals surface area contributed by atoms with Gasteiger partial charge in [-0.2, -0.15) is 0 Å². The fraction of sp³-hybridized carbons (Fsp3) is 0.429. The molecule has 0 saturated carbocycles. The van der Waals surface area contributed by atoms with Gasteiger partial charge in [-0.15, -0.1) is 5.54 Å². The molecule has 2 rings (SSSR count). The van der Waals surface area contributed by atoms with Crippen LogP contribution < -0.4 is 0 Å². The Morgan fingerprint density at radius 1 is 0.958 bits per heavy atom. The van der Waals surface area contributed by atoms with E-state index in [1.54, 1.807) is 12.1 Å². The van der Waals surface area contributed by atoms with E-state index in [4.69, 9.17) is 0 Å². The van der Waals surface area contributed by atoms with Crippen LogP contribution in [0.3, 0.4) is 0 Å². The molecule has 2 aromatic rings. The van der Waals surface area contributed by atoms with Crippen LogP contribution >= 0.6 is 15.9 Å². The second-order valence-corrected chi connectivity index (χ2v) is 13.9. The molecule has 0 fully saturated rings. The molecule has 0 spiro atoms. The highest BCUT2D eigenvalue weighted by atomic mass is 79.9. The van der Waals surface area contributed by atoms with Crippen LogP contribution in [0.15, 0.2) is 34.8 Å². The zero-order chi connectivity index (χ0) is 18.1. The smallest absolute Gasteiger partial charge is 0.146 e. The maximum Gasteiger partial charge on any atom is 0.146 e. The van der Waals surface area contributed by atoms with Crippen LogP contribution in [-0.4, -0.2) is 13.2 Å². The van der Waals surface area contributed by atoms with Gasteiger partial charge in [-0.25, -0.2) is 0 Å². The molecule has 0 aliphatic heterocycles. The number of rotatable bonds is 3. The Morgan fingerprint density at radius 3 is 2.08 bits per heavy atom. The van der Waals surface area contributed by atoms with Gasteiger partial charge >= 0.3 is 0 Å². The molecule has 1 N–H and O–H groups in total. The summed E-state index contributed by atoms with van der Waals surface area (Å²) >= 11 is 3.59. The van der Waals surface area contributed by atoms with E-state index in [1.165, 1.54) is 0 Å². The van der Waals surface area contributed by atoms with Gasteiger partial charge in [0.05, 0.1) is 0 Å². The summed E-state index contributed by atoms with van der Waals surface area (Å²) in [4.78, 5) is 0. The Bertz CT molecular complexity index is 775. The van der Waals surface area contributed by atoms with Gasteiger partial charge in [-0.3, -0.25) is 0 Å². The Morgan fingerprint density at radius 2 is 1.54 bits per heavy atom. The van der Waals surface area contributed by atoms with Gasteiger partial charge in [0.2, 0.25) is 0 Å². The van der Waals surface area contributed by atoms with Crippen LogP contribution in [0.4, 0.5) is 0 Å². The number of fused-ring (bicyclic) bond motifs is 1. The van der Waals surface area contributed by atoms with Crippen molar-refractivity contribution in [1.29, 1.82) is 0 Å². The molecule has 128 valence electrons. The highest BCUT2D eigenvalue weighted by Gasteiger charge is 2.41. The van der Waals surface area contributed by atoms with Gasteiger partial charge in [-0.1, -0.05) is 59.6 Å². The number of halogens is 1. The molecule has 0 unspecified atom stereocenters. The van der Waals surface area contributed by atoms with Gasteiger partial charge < -0.3 is 5.11 Å². The third-order valence-corrected chi connectivity index (χ3v) is 12.1. The summed E-state index contributed by atoms with van der Waals surface area (Å²) < 4.78 is 0.897. The maximum atomic E-state index is 9.82. The molecule has 0 aromatic heterocycles. The maximum absolute atomic E-state index is 9.82. The summed E-state index contributed by atoms with van der Waals surface area (Å²) in [5, 5.41) is 11.9. The minimum absolute atomic E-state index is 0.273. The minimum atomic E-state index is -1.75. The first kappa shape index (κ1) is 19.1. The van der Waals surface area contributed by atoms with E-state index in [-0.39, 0.29) is 5.75 Å². The van der Waals surface area contributed by atoms with Gasteiger partial charge in [0.1, 0.15) is 13.8 Å². The second-order valence-electron chi connectivity index (χ2n) is 7.48. The Balaban J connectivity index is 2.68. The van der Waals surface area contributed by atoms with E-state index in [9.17, 15) is 5.11 Å². The predicted molar refractivity (Wildman–Crippen MR) is 111 cm³/mol. The molecule has 0 aliphatic carbocycles. The zero-order valence-corrected chi connectivity index (χ0v) is 18.0. The molecule has 0 amide bonds. The predicted octanol–water partition coefficient (Wildman–Crippen LogP) is 6.88. The monoisotopic (exact) mass is 402 g/mol. The van der Waals surface area contributed by atoms with Crippen LogP contribution in [0.5, 0.6) is 5.75 Å². The topological polar surface area (TPSA) is 20.2 Å². The van der Waals surface area contributed by atoms with Crippen molar-refractivity contribution in [1.82, 2.24) is 0 Å². The molecule has 0 saturated heterocycles. The standard InChI is InChI=1S/C21H27BrOSi/c1-14(2)24(15(3)4,16(5)6)11-10-17-8-7-9-18-12-19(23)13-20(22)21(17)18/h7-9,12-16,23H,1-6H3. The zero-order valence-electron chi connectivity index (χ0n) is 15.4. The van der Waals surface area contributed by atoms with Crippen molar-refractivity contribution < 1.29 is 5.11 Å². The van der Waals surface area contributed by atoms with Crippen LogP contribution in [0.1, 0.15) is 47.1 Å². The summed E-state index contributed by atoms with van der Waals surface area (Å²) in [5.74, 6) is 3.81. The van der Waals surface area contributed by atoms with Crippen molar-refractivity contribution in [2.45, 2.75) is 58.2 Å². The molecule has 0 bridgehead atoms. The lowest BCUT2D eigenvalue weighted by molar-refractivity contribution is 0.476. The number of aromatic hydroxyl groups is 1. The van der Waals surface area contributed by atoms with Crippen molar-refractivity contribution >= 4 is 34.8 Å². The van der Waals surface area contributed by atoms with Crippen LogP contribution in [0.25, 0.3) is 10.8 Å². The molecule has 24 heavy (non-hydrogen) atoms. The molecule has 0 atom stereocenters. The first-order chi connectivity index (χ1) is 11.2. The molecular formula is C21H27BrOSi. The fourth-order valence-corrected chi connectivity index (χ4v) is 9.97. The third-order valence-electron chi connectivity index (χ3n) is 5.19. The lowest BCUT2D eigenvalue weighted by atomic mass is 10.0. The number of benzene rings is 2. The van der Waals surface area contributed by atoms with E-state index in [2.05, 4.69) is 75.0 Å². The summed E-state index contributed by atoms with van der Waals surface area (Å²) in [5.41, 5.74) is 6.68. The van der Waals surface area contributed by atoms with Gasteiger partial charge in [-0.05, 0) is 56.1 Å². The van der Waals surface area contributed by atoms with Crippen LogP contribution in [-0.2, 0) is 0 Å². The highest BCUT2D eigenvalue weighted by Crippen LogP contribution is 2.41. The van der Waals surface area contributed by atoms with E-state index in [0.29, 0.717) is 16.6 Å².